The van der Waals surface area contributed by atoms with Gasteiger partial charge >= 0.3 is 0 Å². The summed E-state index contributed by atoms with van der Waals surface area (Å²) in [6, 6.07) is 63.8. The van der Waals surface area contributed by atoms with E-state index in [4.69, 9.17) is 23.3 Å². The van der Waals surface area contributed by atoms with Gasteiger partial charge in [-0.3, -0.25) is 19.4 Å². The number of fused-ring (bicyclic) bond motifs is 3. The van der Waals surface area contributed by atoms with Crippen LogP contribution in [-0.4, -0.2) is 143 Å². The summed E-state index contributed by atoms with van der Waals surface area (Å²) in [5.74, 6) is 0.595. The van der Waals surface area contributed by atoms with Gasteiger partial charge in [0, 0.05) is 156 Å². The summed E-state index contributed by atoms with van der Waals surface area (Å²) in [7, 11) is -11.6. The number of ketones is 3. The Hall–Kier alpha value is -12.6. The summed E-state index contributed by atoms with van der Waals surface area (Å²) in [4.78, 5) is 56.6. The molecule has 9 aromatic heterocycles. The van der Waals surface area contributed by atoms with Crippen LogP contribution in [0.5, 0.6) is 0 Å². The minimum atomic E-state index is -3.88. The molecular weight excluding hydrogens is 1550 g/mol. The summed E-state index contributed by atoms with van der Waals surface area (Å²) in [6.45, 7) is 13.7. The molecule has 0 aliphatic carbocycles. The third-order valence-electron chi connectivity index (χ3n) is 20.5. The predicted molar refractivity (Wildman–Crippen MR) is 454 cm³/mol. The fourth-order valence-corrected chi connectivity index (χ4v) is 19.3. The highest BCUT2D eigenvalue weighted by Gasteiger charge is 2.29. The maximum atomic E-state index is 13.4. The van der Waals surface area contributed by atoms with E-state index in [9.17, 15) is 39.6 Å². The second-order valence-electron chi connectivity index (χ2n) is 29.5. The first-order chi connectivity index (χ1) is 56.5. The summed E-state index contributed by atoms with van der Waals surface area (Å²) >= 11 is 0. The Morgan fingerprint density at radius 2 is 0.695 bits per heavy atom. The predicted octanol–water partition coefficient (Wildman–Crippen LogP) is 15.3. The number of hydrogen-bond donors (Lipinski definition) is 0. The first kappa shape index (κ1) is 82.0. The van der Waals surface area contributed by atoms with Gasteiger partial charge in [-0.1, -0.05) is 138 Å². The van der Waals surface area contributed by atoms with E-state index in [1.54, 1.807) is 87.9 Å². The van der Waals surface area contributed by atoms with Gasteiger partial charge in [0.25, 0.3) is 0 Å². The summed E-state index contributed by atoms with van der Waals surface area (Å²) in [5, 5.41) is 13.2. The Balaban J connectivity index is 0.000000145. The molecule has 11 heterocycles. The normalized spacial score (nSPS) is 13.1. The molecule has 0 radical (unpaired) electrons. The third-order valence-corrected chi connectivity index (χ3v) is 25.6. The lowest BCUT2D eigenvalue weighted by Gasteiger charge is -2.27. The molecule has 2 aliphatic rings. The fraction of sp³-hybridized carbons (Fsp3) is 0.242. The van der Waals surface area contributed by atoms with Crippen LogP contribution < -0.4 is 9.80 Å². The van der Waals surface area contributed by atoms with E-state index in [1.165, 1.54) is 12.8 Å². The van der Waals surface area contributed by atoms with Gasteiger partial charge in [-0.2, -0.15) is 0 Å². The minimum absolute atomic E-state index is 0. The second kappa shape index (κ2) is 35.9. The fourth-order valence-electron chi connectivity index (χ4n) is 14.9. The van der Waals surface area contributed by atoms with Gasteiger partial charge in [-0.25, -0.2) is 35.2 Å². The number of sulfone groups is 3. The molecule has 118 heavy (non-hydrogen) atoms. The number of carbonyl (C=O) groups is 3. The molecule has 0 saturated carbocycles. The number of Topliss-reactive ketones (excluding diaryl/α,β-unsaturated/α-hetero) is 3. The SMILES string of the molecule is C.Cc1cc(CC(=O)CS(=O)(=O)c2cn(Cc3cccc(-c4ccc(N5CCCC5)nc4)c3)c3ccccc23)no1.Cc1cc(CC(=O)CS(=O)(=O)c2cn(Cc3cccc(-c4ccc(N5CCOCC5)nc4)c3)c3ccccc23)no1.Cc1ccc(-c2cccc(Cn3cc(S(=O)(=O)CC(=O)Cc4cc(C)on4)c4ccccc43)c2)cn1. The Kier molecular flexibility index (Phi) is 24.9. The maximum absolute atomic E-state index is 13.4. The smallest absolute Gasteiger partial charge is 0.187 e. The highest BCUT2D eigenvalue weighted by molar-refractivity contribution is 7.93. The van der Waals surface area contributed by atoms with Crippen LogP contribution in [0, 0.1) is 27.7 Å². The Morgan fingerprint density at radius 1 is 0.364 bits per heavy atom. The lowest BCUT2D eigenvalue weighted by atomic mass is 10.0. The maximum Gasteiger partial charge on any atom is 0.187 e. The van der Waals surface area contributed by atoms with Crippen molar-refractivity contribution in [3.63, 3.8) is 0 Å². The molecule has 0 N–H and O–H groups in total. The Bertz CT molecular complexity index is 6490. The van der Waals surface area contributed by atoms with E-state index in [-0.39, 0.29) is 41.4 Å². The number of nitrogens with zero attached hydrogens (tertiary/aromatic N) is 11. The van der Waals surface area contributed by atoms with Crippen molar-refractivity contribution in [2.24, 2.45) is 0 Å². The van der Waals surface area contributed by atoms with Crippen molar-refractivity contribution in [3.8, 4) is 33.4 Å². The summed E-state index contributed by atoms with van der Waals surface area (Å²) < 4.78 is 106. The number of rotatable bonds is 26. The Morgan fingerprint density at radius 3 is 1.01 bits per heavy atom. The van der Waals surface area contributed by atoms with Crippen LogP contribution in [0.3, 0.4) is 0 Å². The van der Waals surface area contributed by atoms with E-state index in [0.717, 1.165) is 110 Å². The first-order valence-electron chi connectivity index (χ1n) is 38.4. The molecule has 0 unspecified atom stereocenters. The average molecular weight is 1640 g/mol. The van der Waals surface area contributed by atoms with Crippen molar-refractivity contribution < 1.29 is 57.9 Å². The highest BCUT2D eigenvalue weighted by Crippen LogP contribution is 2.34. The molecule has 17 rings (SSSR count). The van der Waals surface area contributed by atoms with Crippen LogP contribution in [-0.2, 0) is 87.5 Å². The number of benzene rings is 6. The standard InChI is InChI=1S/C31H30N4O5S.C31H30N4O4S.C28H25N3O4S.CH4/c1-22-15-26(33-40-22)17-27(36)21-41(37,38)30-20-35(29-8-3-2-7-28(29)30)19-23-5-4-6-24(16-23)25-9-10-31(32-18-25)34-11-13-39-14-12-34;1-22-15-26(33-39-22)17-27(36)21-40(37,38)30-20-35(29-10-3-2-9-28(29)30)19-23-7-6-8-24(16-23)25-11-12-31(32-18-25)34-13-4-5-14-34;1-19-10-11-23(15-29-19)22-7-5-6-21(13-22)16-31-17-28(26-8-3-4-9-27(26)31)36(33,34)18-25(32)14-24-12-20(2)35-30-24;/h2-10,15-16,18,20H,11-14,17,19,21H2,1H3;2-3,6-12,15-16,18,20H,4-5,13-14,17,19,21H2,1H3;3-13,15,17H,14,16,18H2,1-2H3;1H4. The molecule has 2 saturated heterocycles. The van der Waals surface area contributed by atoms with Gasteiger partial charge < -0.3 is 41.8 Å². The van der Waals surface area contributed by atoms with Crippen molar-refractivity contribution in [1.29, 1.82) is 0 Å². The molecule has 15 aromatic rings. The molecule has 2 aliphatic heterocycles. The summed E-state index contributed by atoms with van der Waals surface area (Å²) in [6.07, 6.45) is 12.7. The molecule has 0 atom stereocenters. The van der Waals surface area contributed by atoms with E-state index in [2.05, 4.69) is 77.7 Å². The van der Waals surface area contributed by atoms with E-state index < -0.39 is 64.1 Å². The van der Waals surface area contributed by atoms with Crippen LogP contribution in [0.25, 0.3) is 66.1 Å². The first-order valence-corrected chi connectivity index (χ1v) is 43.4. The van der Waals surface area contributed by atoms with E-state index in [1.807, 2.05) is 148 Å². The molecule has 604 valence electrons. The molecule has 2 fully saturated rings. The van der Waals surface area contributed by atoms with Crippen molar-refractivity contribution in [1.82, 2.24) is 44.1 Å². The van der Waals surface area contributed by atoms with Crippen LogP contribution >= 0.6 is 0 Å². The monoisotopic (exact) mass is 1640 g/mol. The number of aromatic nitrogens is 9. The highest BCUT2D eigenvalue weighted by atomic mass is 32.2. The van der Waals surface area contributed by atoms with Crippen molar-refractivity contribution in [2.45, 2.75) is 102 Å². The molecule has 27 heteroatoms. The molecule has 6 aromatic carbocycles. The quantitative estimate of drug-likeness (QED) is 0.0486. The third kappa shape index (κ3) is 19.6. The summed E-state index contributed by atoms with van der Waals surface area (Å²) in [5.41, 5.74) is 13.9. The zero-order valence-electron chi connectivity index (χ0n) is 65.0. The molecule has 24 nitrogen and oxygen atoms in total. The van der Waals surface area contributed by atoms with Gasteiger partial charge in [0.2, 0.25) is 0 Å². The topological polar surface area (TPSA) is 301 Å². The number of aryl methyl sites for hydroxylation is 4. The Labute approximate surface area is 684 Å². The zero-order chi connectivity index (χ0) is 81.4. The lowest BCUT2D eigenvalue weighted by molar-refractivity contribution is -0.117. The van der Waals surface area contributed by atoms with Crippen LogP contribution in [0.15, 0.2) is 266 Å². The van der Waals surface area contributed by atoms with Crippen LogP contribution in [0.1, 0.15) is 77.0 Å². The number of anilines is 2. The number of para-hydroxylation sites is 3. The minimum Gasteiger partial charge on any atom is -0.378 e. The van der Waals surface area contributed by atoms with Gasteiger partial charge in [0.15, 0.2) is 46.9 Å². The molecule has 0 amide bonds. The van der Waals surface area contributed by atoms with Gasteiger partial charge in [-0.15, -0.1) is 0 Å². The molecule has 0 bridgehead atoms. The van der Waals surface area contributed by atoms with Crippen LogP contribution in [0.2, 0.25) is 0 Å². The van der Waals surface area contributed by atoms with Gasteiger partial charge in [0.1, 0.15) is 46.2 Å². The second-order valence-corrected chi connectivity index (χ2v) is 35.4. The largest absolute Gasteiger partial charge is 0.378 e. The van der Waals surface area contributed by atoms with Crippen LogP contribution in [0.4, 0.5) is 11.6 Å². The van der Waals surface area contributed by atoms with E-state index in [0.29, 0.717) is 83.4 Å². The van der Waals surface area contributed by atoms with Crippen molar-refractivity contribution in [3.05, 3.63) is 294 Å². The lowest BCUT2D eigenvalue weighted by Crippen LogP contribution is -2.36. The number of pyridine rings is 3. The van der Waals surface area contributed by atoms with E-state index >= 15 is 0 Å². The zero-order valence-corrected chi connectivity index (χ0v) is 67.4. The average Bonchev–Trinajstić information content (AvgIpc) is 1.63. The van der Waals surface area contributed by atoms with Crippen molar-refractivity contribution in [2.75, 3.05) is 66.5 Å². The number of ether oxygens (including phenoxy) is 1. The molecule has 0 spiro atoms. The van der Waals surface area contributed by atoms with Gasteiger partial charge in [-0.05, 0) is 141 Å². The number of carbonyl (C=O) groups excluding carboxylic acids is 3. The molecular formula is C91H89N11O13S3. The number of morpholine rings is 1. The number of hydrogen-bond acceptors (Lipinski definition) is 21. The van der Waals surface area contributed by atoms with Crippen molar-refractivity contribution >= 4 is 91.2 Å². The van der Waals surface area contributed by atoms with Gasteiger partial charge in [0.05, 0.1) is 64.2 Å².